The lowest BCUT2D eigenvalue weighted by Crippen LogP contribution is -2.27. The van der Waals surface area contributed by atoms with Gasteiger partial charge in [0.05, 0.1) is 32.9 Å². The van der Waals surface area contributed by atoms with Crippen LogP contribution in [0.2, 0.25) is 0 Å². The average Bonchev–Trinajstić information content (AvgIpc) is 3.09. The summed E-state index contributed by atoms with van der Waals surface area (Å²) in [6.45, 7) is 0. The number of rotatable bonds is 4. The maximum atomic E-state index is 9.56. The molecular weight excluding hydrogens is 312 g/mol. The third kappa shape index (κ3) is 2.16. The first-order valence-corrected chi connectivity index (χ1v) is 7.01. The van der Waals surface area contributed by atoms with E-state index in [4.69, 9.17) is 19.9 Å². The Kier molecular flexibility index (Phi) is 3.87. The number of nitrogens with one attached hydrogen (secondary N) is 1. The Balaban J connectivity index is 2.19. The summed E-state index contributed by atoms with van der Waals surface area (Å²) in [5, 5.41) is 16.7. The lowest BCUT2D eigenvalue weighted by atomic mass is 9.96. The fraction of sp³-hybridized carbons (Fsp3) is 0.267. The van der Waals surface area contributed by atoms with E-state index in [1.807, 2.05) is 0 Å². The molecular formula is C15H16N6O3. The lowest BCUT2D eigenvalue weighted by Gasteiger charge is -2.27. The Labute approximate surface area is 138 Å². The van der Waals surface area contributed by atoms with Gasteiger partial charge in [0.2, 0.25) is 11.7 Å². The number of methoxy groups -OCH3 is 3. The maximum absolute atomic E-state index is 9.56. The van der Waals surface area contributed by atoms with Crippen LogP contribution in [0.15, 0.2) is 24.0 Å². The molecule has 0 spiro atoms. The molecule has 2 aromatic rings. The van der Waals surface area contributed by atoms with E-state index in [9.17, 15) is 5.26 Å². The van der Waals surface area contributed by atoms with Crippen molar-refractivity contribution in [1.29, 1.82) is 5.26 Å². The predicted molar refractivity (Wildman–Crippen MR) is 85.5 cm³/mol. The minimum atomic E-state index is -0.554. The van der Waals surface area contributed by atoms with Gasteiger partial charge in [0.15, 0.2) is 11.5 Å². The first-order chi connectivity index (χ1) is 11.7. The van der Waals surface area contributed by atoms with E-state index in [-0.39, 0.29) is 5.82 Å². The van der Waals surface area contributed by atoms with E-state index in [2.05, 4.69) is 21.5 Å². The summed E-state index contributed by atoms with van der Waals surface area (Å²) >= 11 is 0. The number of aromatic nitrogens is 3. The number of anilines is 1. The highest BCUT2D eigenvalue weighted by Crippen LogP contribution is 2.45. The molecule has 1 aliphatic heterocycles. The molecule has 0 radical (unpaired) electrons. The molecule has 2 heterocycles. The number of fused-ring (bicyclic) bond motifs is 1. The Morgan fingerprint density at radius 1 is 1.21 bits per heavy atom. The number of hydrogen-bond donors (Lipinski definition) is 2. The number of hydrogen-bond acceptors (Lipinski definition) is 8. The molecule has 1 aromatic carbocycles. The molecule has 0 aliphatic carbocycles. The maximum Gasteiger partial charge on any atom is 0.228 e. The molecule has 3 rings (SSSR count). The standard InChI is InChI=1S/C15H16N6O3/c1-22-10-5-4-8(12(23-2)13(10)24-3)11-9(6-16)14(17)21-15(20-11)18-7-19-21/h4-5,7,11H,17H2,1-3H3,(H,18,19,20). The van der Waals surface area contributed by atoms with E-state index >= 15 is 0 Å². The van der Waals surface area contributed by atoms with Crippen molar-refractivity contribution in [1.82, 2.24) is 14.8 Å². The summed E-state index contributed by atoms with van der Waals surface area (Å²) in [4.78, 5) is 4.10. The monoisotopic (exact) mass is 328 g/mol. The van der Waals surface area contributed by atoms with Crippen molar-refractivity contribution < 1.29 is 14.2 Å². The molecule has 0 saturated heterocycles. The third-order valence-electron chi connectivity index (χ3n) is 3.78. The predicted octanol–water partition coefficient (Wildman–Crippen LogP) is 1.12. The number of nitrogens with two attached hydrogens (primary N) is 1. The normalized spacial score (nSPS) is 16.0. The number of ether oxygens (including phenoxy) is 3. The third-order valence-corrected chi connectivity index (χ3v) is 3.78. The van der Waals surface area contributed by atoms with E-state index < -0.39 is 6.04 Å². The molecule has 1 atom stereocenters. The first kappa shape index (κ1) is 15.5. The minimum absolute atomic E-state index is 0.214. The van der Waals surface area contributed by atoms with Crippen LogP contribution in [0.4, 0.5) is 5.95 Å². The van der Waals surface area contributed by atoms with Gasteiger partial charge in [0.1, 0.15) is 18.2 Å². The Bertz CT molecular complexity index is 851. The van der Waals surface area contributed by atoms with Crippen molar-refractivity contribution in [2.75, 3.05) is 26.6 Å². The zero-order valence-corrected chi connectivity index (χ0v) is 13.4. The summed E-state index contributed by atoms with van der Waals surface area (Å²) in [7, 11) is 4.58. The van der Waals surface area contributed by atoms with Gasteiger partial charge in [-0.15, -0.1) is 0 Å². The second-order valence-corrected chi connectivity index (χ2v) is 4.91. The van der Waals surface area contributed by atoms with Crippen LogP contribution in [0.1, 0.15) is 11.6 Å². The van der Waals surface area contributed by atoms with Gasteiger partial charge in [0.25, 0.3) is 0 Å². The Morgan fingerprint density at radius 3 is 2.58 bits per heavy atom. The first-order valence-electron chi connectivity index (χ1n) is 7.01. The van der Waals surface area contributed by atoms with Crippen LogP contribution in [0, 0.1) is 11.3 Å². The van der Waals surface area contributed by atoms with E-state index in [0.29, 0.717) is 34.3 Å². The average molecular weight is 328 g/mol. The van der Waals surface area contributed by atoms with Gasteiger partial charge in [0, 0.05) is 5.56 Å². The Morgan fingerprint density at radius 2 is 1.96 bits per heavy atom. The number of benzene rings is 1. The van der Waals surface area contributed by atoms with Gasteiger partial charge in [-0.1, -0.05) is 0 Å². The molecule has 1 unspecified atom stereocenters. The molecule has 0 fully saturated rings. The SMILES string of the molecule is COc1ccc(C2Nc3ncnn3C(N)=C2C#N)c(OC)c1OC. The van der Waals surface area contributed by atoms with E-state index in [1.165, 1.54) is 32.3 Å². The second-order valence-electron chi connectivity index (χ2n) is 4.91. The van der Waals surface area contributed by atoms with Gasteiger partial charge in [-0.25, -0.2) is 0 Å². The Hall–Kier alpha value is -3.41. The molecule has 3 N–H and O–H groups in total. The quantitative estimate of drug-likeness (QED) is 0.856. The van der Waals surface area contributed by atoms with Crippen molar-refractivity contribution in [2.24, 2.45) is 5.73 Å². The molecule has 1 aliphatic rings. The summed E-state index contributed by atoms with van der Waals surface area (Å²) in [6, 6.07) is 5.10. The van der Waals surface area contributed by atoms with Gasteiger partial charge in [-0.2, -0.15) is 20.0 Å². The van der Waals surface area contributed by atoms with Gasteiger partial charge in [-0.3, -0.25) is 0 Å². The van der Waals surface area contributed by atoms with Crippen molar-refractivity contribution in [2.45, 2.75) is 6.04 Å². The summed E-state index contributed by atoms with van der Waals surface area (Å²) < 4.78 is 17.6. The van der Waals surface area contributed by atoms with Gasteiger partial charge >= 0.3 is 0 Å². The van der Waals surface area contributed by atoms with E-state index in [0.717, 1.165) is 0 Å². The highest BCUT2D eigenvalue weighted by molar-refractivity contribution is 5.68. The molecule has 24 heavy (non-hydrogen) atoms. The fourth-order valence-corrected chi connectivity index (χ4v) is 2.69. The van der Waals surface area contributed by atoms with Crippen LogP contribution < -0.4 is 25.3 Å². The fourth-order valence-electron chi connectivity index (χ4n) is 2.69. The zero-order chi connectivity index (χ0) is 17.3. The van der Waals surface area contributed by atoms with Crippen LogP contribution in [-0.4, -0.2) is 36.1 Å². The highest BCUT2D eigenvalue weighted by atomic mass is 16.5. The minimum Gasteiger partial charge on any atom is -0.493 e. The van der Waals surface area contributed by atoms with Crippen LogP contribution in [-0.2, 0) is 0 Å². The van der Waals surface area contributed by atoms with Crippen LogP contribution in [0.3, 0.4) is 0 Å². The van der Waals surface area contributed by atoms with Crippen LogP contribution in [0.5, 0.6) is 17.2 Å². The summed E-state index contributed by atoms with van der Waals surface area (Å²) in [5.41, 5.74) is 7.05. The van der Waals surface area contributed by atoms with Crippen LogP contribution in [0.25, 0.3) is 5.82 Å². The van der Waals surface area contributed by atoms with E-state index in [1.54, 1.807) is 12.1 Å². The van der Waals surface area contributed by atoms with Crippen molar-refractivity contribution >= 4 is 11.8 Å². The summed E-state index contributed by atoms with van der Waals surface area (Å²) in [5.74, 6) is 2.05. The molecule has 0 bridgehead atoms. The topological polar surface area (TPSA) is 120 Å². The van der Waals surface area contributed by atoms with Gasteiger partial charge in [-0.05, 0) is 12.1 Å². The highest BCUT2D eigenvalue weighted by Gasteiger charge is 2.32. The lowest BCUT2D eigenvalue weighted by molar-refractivity contribution is 0.321. The van der Waals surface area contributed by atoms with Crippen LogP contribution >= 0.6 is 0 Å². The molecule has 0 amide bonds. The van der Waals surface area contributed by atoms with Crippen molar-refractivity contribution in [3.8, 4) is 23.3 Å². The van der Waals surface area contributed by atoms with Crippen molar-refractivity contribution in [3.63, 3.8) is 0 Å². The van der Waals surface area contributed by atoms with Gasteiger partial charge < -0.3 is 25.3 Å². The molecule has 124 valence electrons. The van der Waals surface area contributed by atoms with Crippen molar-refractivity contribution in [3.05, 3.63) is 29.6 Å². The largest absolute Gasteiger partial charge is 0.493 e. The smallest absolute Gasteiger partial charge is 0.228 e. The number of nitrogens with zero attached hydrogens (tertiary/aromatic N) is 4. The summed E-state index contributed by atoms with van der Waals surface area (Å²) in [6.07, 6.45) is 1.36. The second kappa shape index (κ2) is 6.00. The zero-order valence-electron chi connectivity index (χ0n) is 13.4. The number of nitriles is 1. The molecule has 9 heteroatoms. The molecule has 9 nitrogen and oxygen atoms in total. The molecule has 0 saturated carbocycles. The molecule has 1 aromatic heterocycles.